The van der Waals surface area contributed by atoms with Gasteiger partial charge in [0.05, 0.1) is 25.3 Å². The third kappa shape index (κ3) is 3.41. The number of esters is 2. The fourth-order valence-electron chi connectivity index (χ4n) is 1.94. The van der Waals surface area contributed by atoms with E-state index in [1.807, 2.05) is 6.07 Å². The van der Waals surface area contributed by atoms with E-state index in [2.05, 4.69) is 4.74 Å². The highest BCUT2D eigenvalue weighted by Gasteiger charge is 2.11. The topological polar surface area (TPSA) is 52.6 Å². The Morgan fingerprint density at radius 1 is 0.857 bits per heavy atom. The SMILES string of the molecule is COC(=O)c1cccc(-c2cc(Cl)cc(C(=O)OC)c2)c1. The Hall–Kier alpha value is -2.33. The number of methoxy groups -OCH3 is 2. The summed E-state index contributed by atoms with van der Waals surface area (Å²) in [5, 5.41) is 0.413. The van der Waals surface area contributed by atoms with Crippen LogP contribution in [0.3, 0.4) is 0 Å². The Morgan fingerprint density at radius 3 is 2.14 bits per heavy atom. The zero-order valence-electron chi connectivity index (χ0n) is 11.6. The molecule has 0 amide bonds. The number of carbonyl (C=O) groups is 2. The van der Waals surface area contributed by atoms with Crippen molar-refractivity contribution in [2.24, 2.45) is 0 Å². The molecule has 4 nitrogen and oxygen atoms in total. The number of hydrogen-bond acceptors (Lipinski definition) is 4. The van der Waals surface area contributed by atoms with Gasteiger partial charge in [-0.1, -0.05) is 23.7 Å². The molecule has 0 aromatic heterocycles. The normalized spacial score (nSPS) is 10.0. The first-order chi connectivity index (χ1) is 10.0. The maximum absolute atomic E-state index is 11.6. The summed E-state index contributed by atoms with van der Waals surface area (Å²) in [7, 11) is 2.63. The third-order valence-corrected chi connectivity index (χ3v) is 3.15. The summed E-state index contributed by atoms with van der Waals surface area (Å²) >= 11 is 6.03. The summed E-state index contributed by atoms with van der Waals surface area (Å²) in [4.78, 5) is 23.2. The van der Waals surface area contributed by atoms with Crippen LogP contribution >= 0.6 is 11.6 Å². The van der Waals surface area contributed by atoms with Crippen molar-refractivity contribution in [3.05, 3.63) is 58.6 Å². The quantitative estimate of drug-likeness (QED) is 0.813. The van der Waals surface area contributed by atoms with E-state index >= 15 is 0 Å². The maximum Gasteiger partial charge on any atom is 0.337 e. The van der Waals surface area contributed by atoms with Crippen LogP contribution in [0.4, 0.5) is 0 Å². The van der Waals surface area contributed by atoms with Crippen molar-refractivity contribution in [1.82, 2.24) is 0 Å². The van der Waals surface area contributed by atoms with Crippen LogP contribution in [-0.4, -0.2) is 26.2 Å². The summed E-state index contributed by atoms with van der Waals surface area (Å²) in [6.07, 6.45) is 0. The zero-order chi connectivity index (χ0) is 15.4. The highest BCUT2D eigenvalue weighted by molar-refractivity contribution is 6.31. The Labute approximate surface area is 127 Å². The molecule has 0 N–H and O–H groups in total. The highest BCUT2D eigenvalue weighted by Crippen LogP contribution is 2.26. The van der Waals surface area contributed by atoms with Crippen molar-refractivity contribution in [2.75, 3.05) is 14.2 Å². The molecule has 21 heavy (non-hydrogen) atoms. The lowest BCUT2D eigenvalue weighted by molar-refractivity contribution is 0.0591. The molecule has 0 fully saturated rings. The molecule has 0 spiro atoms. The van der Waals surface area contributed by atoms with Crippen LogP contribution < -0.4 is 0 Å². The van der Waals surface area contributed by atoms with Crippen molar-refractivity contribution < 1.29 is 19.1 Å². The van der Waals surface area contributed by atoms with Gasteiger partial charge in [0.1, 0.15) is 0 Å². The summed E-state index contributed by atoms with van der Waals surface area (Å²) in [5.41, 5.74) is 2.25. The molecule has 0 unspecified atom stereocenters. The van der Waals surface area contributed by atoms with Crippen LogP contribution in [0.5, 0.6) is 0 Å². The van der Waals surface area contributed by atoms with E-state index in [9.17, 15) is 9.59 Å². The van der Waals surface area contributed by atoms with E-state index in [4.69, 9.17) is 16.3 Å². The standard InChI is InChI=1S/C16H13ClO4/c1-20-15(18)11-5-3-4-10(6-11)12-7-13(16(19)21-2)9-14(17)8-12/h3-9H,1-2H3. The second kappa shape index (κ2) is 6.41. The molecule has 2 aromatic carbocycles. The van der Waals surface area contributed by atoms with Crippen molar-refractivity contribution in [1.29, 1.82) is 0 Å². The Balaban J connectivity index is 2.49. The number of rotatable bonds is 3. The van der Waals surface area contributed by atoms with Crippen molar-refractivity contribution >= 4 is 23.5 Å². The van der Waals surface area contributed by atoms with Gasteiger partial charge >= 0.3 is 11.9 Å². The van der Waals surface area contributed by atoms with Crippen molar-refractivity contribution in [3.8, 4) is 11.1 Å². The predicted molar refractivity (Wildman–Crippen MR) is 79.6 cm³/mol. The highest BCUT2D eigenvalue weighted by atomic mass is 35.5. The maximum atomic E-state index is 11.6. The van der Waals surface area contributed by atoms with E-state index in [1.54, 1.807) is 30.3 Å². The first kappa shape index (κ1) is 15.1. The third-order valence-electron chi connectivity index (χ3n) is 2.94. The number of ether oxygens (including phenoxy) is 2. The molecule has 0 aliphatic heterocycles. The fraction of sp³-hybridized carbons (Fsp3) is 0.125. The molecule has 0 aliphatic carbocycles. The predicted octanol–water partition coefficient (Wildman–Crippen LogP) is 3.58. The first-order valence-corrected chi connectivity index (χ1v) is 6.50. The Kier molecular flexibility index (Phi) is 4.60. The molecule has 0 saturated heterocycles. The molecule has 0 saturated carbocycles. The molecular weight excluding hydrogens is 292 g/mol. The molecule has 108 valence electrons. The zero-order valence-corrected chi connectivity index (χ0v) is 12.3. The van der Waals surface area contributed by atoms with Crippen LogP contribution in [0.1, 0.15) is 20.7 Å². The number of hydrogen-bond donors (Lipinski definition) is 0. The van der Waals surface area contributed by atoms with Gasteiger partial charge in [0.15, 0.2) is 0 Å². The minimum absolute atomic E-state index is 0.350. The summed E-state index contributed by atoms with van der Waals surface area (Å²) in [5.74, 6) is -0.894. The van der Waals surface area contributed by atoms with Crippen molar-refractivity contribution in [2.45, 2.75) is 0 Å². The summed E-state index contributed by atoms with van der Waals surface area (Å²) in [6, 6.07) is 11.8. The second-order valence-corrected chi connectivity index (χ2v) is 4.73. The molecule has 0 aliphatic rings. The van der Waals surface area contributed by atoms with E-state index in [1.165, 1.54) is 20.3 Å². The van der Waals surface area contributed by atoms with E-state index in [0.717, 1.165) is 5.56 Å². The number of halogens is 1. The van der Waals surface area contributed by atoms with Gasteiger partial charge in [-0.25, -0.2) is 9.59 Å². The minimum atomic E-state index is -0.470. The summed E-state index contributed by atoms with van der Waals surface area (Å²) < 4.78 is 9.38. The molecule has 0 atom stereocenters. The lowest BCUT2D eigenvalue weighted by Crippen LogP contribution is -2.02. The van der Waals surface area contributed by atoms with Gasteiger partial charge in [0.25, 0.3) is 0 Å². The van der Waals surface area contributed by atoms with E-state index in [0.29, 0.717) is 21.7 Å². The van der Waals surface area contributed by atoms with Crippen LogP contribution in [-0.2, 0) is 9.47 Å². The number of carbonyl (C=O) groups excluding carboxylic acids is 2. The lowest BCUT2D eigenvalue weighted by Gasteiger charge is -2.07. The lowest BCUT2D eigenvalue weighted by atomic mass is 10.0. The van der Waals surface area contributed by atoms with E-state index in [-0.39, 0.29) is 0 Å². The molecule has 0 heterocycles. The van der Waals surface area contributed by atoms with Crippen LogP contribution in [0.15, 0.2) is 42.5 Å². The molecule has 2 aromatic rings. The molecule has 2 rings (SSSR count). The largest absolute Gasteiger partial charge is 0.465 e. The second-order valence-electron chi connectivity index (χ2n) is 4.29. The smallest absolute Gasteiger partial charge is 0.337 e. The van der Waals surface area contributed by atoms with Gasteiger partial charge in [-0.3, -0.25) is 0 Å². The van der Waals surface area contributed by atoms with Gasteiger partial charge < -0.3 is 9.47 Å². The van der Waals surface area contributed by atoms with E-state index < -0.39 is 11.9 Å². The molecule has 0 radical (unpaired) electrons. The van der Waals surface area contributed by atoms with Crippen LogP contribution in [0, 0.1) is 0 Å². The minimum Gasteiger partial charge on any atom is -0.465 e. The van der Waals surface area contributed by atoms with Gasteiger partial charge in [-0.2, -0.15) is 0 Å². The Bertz CT molecular complexity index is 694. The molecule has 0 bridgehead atoms. The monoisotopic (exact) mass is 304 g/mol. The molecular formula is C16H13ClO4. The van der Waals surface area contributed by atoms with Crippen molar-refractivity contribution in [3.63, 3.8) is 0 Å². The summed E-state index contributed by atoms with van der Waals surface area (Å²) in [6.45, 7) is 0. The van der Waals surface area contributed by atoms with Gasteiger partial charge in [0, 0.05) is 5.02 Å². The number of benzene rings is 2. The van der Waals surface area contributed by atoms with Gasteiger partial charge in [-0.05, 0) is 41.5 Å². The fourth-order valence-corrected chi connectivity index (χ4v) is 2.17. The van der Waals surface area contributed by atoms with Crippen LogP contribution in [0.2, 0.25) is 5.02 Å². The van der Waals surface area contributed by atoms with Crippen LogP contribution in [0.25, 0.3) is 11.1 Å². The van der Waals surface area contributed by atoms with Gasteiger partial charge in [-0.15, -0.1) is 0 Å². The average molecular weight is 305 g/mol. The molecule has 5 heteroatoms. The first-order valence-electron chi connectivity index (χ1n) is 6.13. The van der Waals surface area contributed by atoms with Gasteiger partial charge in [0.2, 0.25) is 0 Å². The average Bonchev–Trinajstić information content (AvgIpc) is 2.52. The Morgan fingerprint density at radius 2 is 1.48 bits per heavy atom.